The first-order valence-corrected chi connectivity index (χ1v) is 4.37. The number of morpholine rings is 1. The molecular weight excluding hydrogens is 178 g/mol. The SMILES string of the molecule is CC#CC.N=BO.[B][NH+]1CCOCC1.[HH].[HH].[HH]. The van der Waals surface area contributed by atoms with Crippen LogP contribution >= 0.6 is 0 Å². The Labute approximate surface area is 92.3 Å². The van der Waals surface area contributed by atoms with Gasteiger partial charge >= 0.3 is 25.6 Å². The standard InChI is InChI=1S/C4H9BNO.C4H6.BH2NO.3H2/c5-6-1-3-7-4-2-6;1-3-4-2;2-1-3;;;/h6H,1-4H2;1-2H3;2-3H;3*1H/q+1;;;;;. The van der Waals surface area contributed by atoms with Gasteiger partial charge in [-0.05, 0) is 13.8 Å². The molecule has 0 unspecified atom stereocenters. The second kappa shape index (κ2) is 14.7. The van der Waals surface area contributed by atoms with E-state index in [1.165, 1.54) is 0 Å². The number of hydrogen-bond donors (Lipinski definition) is 3. The summed E-state index contributed by atoms with van der Waals surface area (Å²) in [6.07, 6.45) is 0. The third kappa shape index (κ3) is 17.3. The van der Waals surface area contributed by atoms with E-state index in [0.717, 1.165) is 31.1 Å². The number of rotatable bonds is 0. The quantitative estimate of drug-likeness (QED) is 0.351. The predicted octanol–water partition coefficient (Wildman–Crippen LogP) is -0.887. The smallest absolute Gasteiger partial charge is 0.404 e. The van der Waals surface area contributed by atoms with E-state index in [1.807, 2.05) is 13.8 Å². The van der Waals surface area contributed by atoms with Gasteiger partial charge in [-0.15, -0.1) is 11.8 Å². The Morgan fingerprint density at radius 2 is 1.79 bits per heavy atom. The molecule has 1 fully saturated rings. The van der Waals surface area contributed by atoms with E-state index in [1.54, 1.807) is 0 Å². The molecule has 0 aromatic rings. The Balaban J connectivity index is -0.0000000429. The maximum Gasteiger partial charge on any atom is 0.479 e. The van der Waals surface area contributed by atoms with Gasteiger partial charge in [-0.1, -0.05) is 0 Å². The Bertz CT molecular complexity index is 179. The van der Waals surface area contributed by atoms with Crippen LogP contribution in [0, 0.1) is 17.2 Å². The molecule has 14 heavy (non-hydrogen) atoms. The van der Waals surface area contributed by atoms with E-state index in [0.29, 0.717) is 0 Å². The number of ether oxygens (including phenoxy) is 1. The predicted molar refractivity (Wildman–Crippen MR) is 63.4 cm³/mol. The van der Waals surface area contributed by atoms with Crippen LogP contribution in [0.4, 0.5) is 0 Å². The van der Waals surface area contributed by atoms with Gasteiger partial charge in [0.05, 0.1) is 26.3 Å². The largest absolute Gasteiger partial charge is 0.479 e. The van der Waals surface area contributed by atoms with Crippen molar-refractivity contribution in [2.24, 2.45) is 0 Å². The molecule has 1 heterocycles. The number of quaternary nitrogens is 1. The monoisotopic (exact) mass is 201 g/mol. The van der Waals surface area contributed by atoms with Gasteiger partial charge < -0.3 is 9.55 Å². The van der Waals surface area contributed by atoms with Crippen molar-refractivity contribution in [2.45, 2.75) is 13.8 Å². The summed E-state index contributed by atoms with van der Waals surface area (Å²) in [4.78, 5) is 1.09. The molecule has 0 saturated carbocycles. The van der Waals surface area contributed by atoms with Gasteiger partial charge in [0.15, 0.2) is 0 Å². The molecule has 4 nitrogen and oxygen atoms in total. The van der Waals surface area contributed by atoms with Crippen molar-refractivity contribution in [1.29, 1.82) is 5.31 Å². The van der Waals surface area contributed by atoms with Gasteiger partial charge in [0.2, 0.25) is 0 Å². The van der Waals surface area contributed by atoms with Crippen molar-refractivity contribution in [2.75, 3.05) is 26.3 Å². The Morgan fingerprint density at radius 3 is 1.93 bits per heavy atom. The molecule has 3 N–H and O–H groups in total. The van der Waals surface area contributed by atoms with Crippen LogP contribution in [-0.4, -0.2) is 46.6 Å². The van der Waals surface area contributed by atoms with Gasteiger partial charge in [-0.3, -0.25) is 0 Å². The van der Waals surface area contributed by atoms with E-state index < -0.39 is 0 Å². The first-order valence-electron chi connectivity index (χ1n) is 4.37. The summed E-state index contributed by atoms with van der Waals surface area (Å²) < 4.78 is 5.04. The molecule has 6 heteroatoms. The molecule has 0 aromatic carbocycles. The van der Waals surface area contributed by atoms with Crippen LogP contribution in [0.15, 0.2) is 0 Å². The maximum absolute atomic E-state index is 7.11. The van der Waals surface area contributed by atoms with E-state index in [4.69, 9.17) is 23.1 Å². The van der Waals surface area contributed by atoms with Crippen molar-refractivity contribution >= 4 is 15.3 Å². The molecule has 1 aliphatic rings. The average molecular weight is 201 g/mol. The minimum Gasteiger partial charge on any atom is -0.404 e. The molecular formula is C8H23B2N2O2+. The van der Waals surface area contributed by atoms with Crippen LogP contribution in [-0.2, 0) is 4.74 Å². The molecule has 0 aromatic heterocycles. The van der Waals surface area contributed by atoms with Gasteiger partial charge in [-0.2, -0.15) is 0 Å². The average Bonchev–Trinajstić information content (AvgIpc) is 2.21. The molecule has 0 bridgehead atoms. The second-order valence-corrected chi connectivity index (χ2v) is 2.40. The third-order valence-electron chi connectivity index (χ3n) is 1.39. The van der Waals surface area contributed by atoms with Gasteiger partial charge in [-0.25, -0.2) is 0 Å². The van der Waals surface area contributed by atoms with E-state index >= 15 is 0 Å². The molecule has 1 aliphatic heterocycles. The van der Waals surface area contributed by atoms with Crippen LogP contribution in [0.1, 0.15) is 18.1 Å². The van der Waals surface area contributed by atoms with Crippen LogP contribution in [0.2, 0.25) is 0 Å². The fourth-order valence-corrected chi connectivity index (χ4v) is 0.634. The third-order valence-corrected chi connectivity index (χ3v) is 1.39. The summed E-state index contributed by atoms with van der Waals surface area (Å²) in [6.45, 7) is 7.21. The van der Waals surface area contributed by atoms with Crippen LogP contribution in [0.5, 0.6) is 0 Å². The van der Waals surface area contributed by atoms with Gasteiger partial charge in [0.25, 0.3) is 0 Å². The Morgan fingerprint density at radius 1 is 1.43 bits per heavy atom. The topological polar surface area (TPSA) is 57.8 Å². The fourth-order valence-electron chi connectivity index (χ4n) is 0.634. The summed E-state index contributed by atoms with van der Waals surface area (Å²) >= 11 is 0. The van der Waals surface area contributed by atoms with Crippen molar-refractivity contribution in [3.05, 3.63) is 0 Å². The first kappa shape index (κ1) is 15.7. The molecule has 1 rings (SSSR count). The summed E-state index contributed by atoms with van der Waals surface area (Å²) in [6, 6.07) is 0. The molecule has 2 radical (unpaired) electrons. The molecule has 1 saturated heterocycles. The van der Waals surface area contributed by atoms with Gasteiger partial charge in [0, 0.05) is 4.28 Å². The normalized spacial score (nSPS) is 14.1. The number of hydrogen-bond acceptors (Lipinski definition) is 2. The molecule has 0 spiro atoms. The minimum atomic E-state index is 0. The van der Waals surface area contributed by atoms with Crippen LogP contribution < -0.4 is 4.81 Å². The van der Waals surface area contributed by atoms with E-state index in [9.17, 15) is 0 Å². The molecule has 0 aliphatic carbocycles. The maximum atomic E-state index is 7.11. The molecule has 0 atom stereocenters. The van der Waals surface area contributed by atoms with E-state index in [-0.39, 0.29) is 11.6 Å². The van der Waals surface area contributed by atoms with Crippen LogP contribution in [0.25, 0.3) is 0 Å². The Kier molecular flexibility index (Phi) is 16.5. The molecule has 0 amide bonds. The zero-order valence-corrected chi connectivity index (χ0v) is 8.84. The fraction of sp³-hybridized carbons (Fsp3) is 0.750. The minimum absolute atomic E-state index is 0. The summed E-state index contributed by atoms with van der Waals surface area (Å²) in [7, 11) is 5.72. The summed E-state index contributed by atoms with van der Waals surface area (Å²) in [5.41, 5.74) is 0. The van der Waals surface area contributed by atoms with Crippen molar-refractivity contribution in [3.8, 4) is 11.8 Å². The van der Waals surface area contributed by atoms with Crippen molar-refractivity contribution in [1.82, 2.24) is 0 Å². The van der Waals surface area contributed by atoms with Gasteiger partial charge in [0.1, 0.15) is 0 Å². The van der Waals surface area contributed by atoms with E-state index in [2.05, 4.69) is 11.8 Å². The van der Waals surface area contributed by atoms with Crippen molar-refractivity contribution < 1.29 is 18.9 Å². The number of nitrogens with one attached hydrogen (secondary N) is 2. The summed E-state index contributed by atoms with van der Waals surface area (Å²) in [5.74, 6) is 5.36. The zero-order valence-electron chi connectivity index (χ0n) is 8.84. The zero-order chi connectivity index (χ0) is 11.2. The Hall–Kier alpha value is -0.790. The van der Waals surface area contributed by atoms with Crippen molar-refractivity contribution in [3.63, 3.8) is 0 Å². The second-order valence-electron chi connectivity index (χ2n) is 2.40. The van der Waals surface area contributed by atoms with Crippen LogP contribution in [0.3, 0.4) is 0 Å². The summed E-state index contributed by atoms with van der Waals surface area (Å²) in [5, 5.41) is 12.8. The molecule has 82 valence electrons. The first-order chi connectivity index (χ1) is 6.72.